The van der Waals surface area contributed by atoms with E-state index in [-0.39, 0.29) is 18.2 Å². The molecule has 0 saturated heterocycles. The quantitative estimate of drug-likeness (QED) is 0.606. The molecular formula is C10H16O3. The number of aliphatic hydroxyl groups excluding tert-OH is 1. The zero-order chi connectivity index (χ0) is 10.3. The third-order valence-electron chi connectivity index (χ3n) is 1.74. The van der Waals surface area contributed by atoms with Gasteiger partial charge in [-0.3, -0.25) is 4.79 Å². The molecule has 0 saturated carbocycles. The minimum absolute atomic E-state index is 0.0196. The van der Waals surface area contributed by atoms with E-state index in [0.717, 1.165) is 0 Å². The van der Waals surface area contributed by atoms with Gasteiger partial charge in [0.2, 0.25) is 0 Å². The van der Waals surface area contributed by atoms with Gasteiger partial charge in [-0.05, 0) is 25.3 Å². The Morgan fingerprint density at radius 2 is 1.85 bits per heavy atom. The Balaban J connectivity index is 3.70. The highest BCUT2D eigenvalue weighted by Crippen LogP contribution is 2.07. The number of rotatable bonds is 7. The molecule has 0 atom stereocenters. The first-order chi connectivity index (χ1) is 6.07. The van der Waals surface area contributed by atoms with Crippen LogP contribution in [-0.4, -0.2) is 23.3 Å². The van der Waals surface area contributed by atoms with E-state index in [4.69, 9.17) is 5.11 Å². The Morgan fingerprint density at radius 1 is 1.23 bits per heavy atom. The van der Waals surface area contributed by atoms with Gasteiger partial charge in [-0.25, -0.2) is 0 Å². The van der Waals surface area contributed by atoms with Crippen LogP contribution >= 0.6 is 0 Å². The first-order valence-electron chi connectivity index (χ1n) is 4.39. The molecule has 0 unspecified atom stereocenters. The van der Waals surface area contributed by atoms with Crippen molar-refractivity contribution in [2.45, 2.75) is 32.6 Å². The van der Waals surface area contributed by atoms with Gasteiger partial charge in [0.25, 0.3) is 0 Å². The number of ketones is 2. The molecule has 0 aromatic heterocycles. The predicted molar refractivity (Wildman–Crippen MR) is 50.4 cm³/mol. The molecule has 1 N–H and O–H groups in total. The third kappa shape index (κ3) is 6.22. The maximum Gasteiger partial charge on any atom is 0.158 e. The Kier molecular flexibility index (Phi) is 6.06. The van der Waals surface area contributed by atoms with Crippen molar-refractivity contribution in [3.8, 4) is 0 Å². The van der Waals surface area contributed by atoms with Crippen molar-refractivity contribution in [3.05, 3.63) is 12.2 Å². The van der Waals surface area contributed by atoms with Crippen LogP contribution < -0.4 is 0 Å². The molecular weight excluding hydrogens is 168 g/mol. The van der Waals surface area contributed by atoms with Crippen molar-refractivity contribution < 1.29 is 14.7 Å². The molecule has 0 aliphatic carbocycles. The predicted octanol–water partition coefficient (Wildman–Crippen LogP) is 1.25. The van der Waals surface area contributed by atoms with E-state index in [0.29, 0.717) is 31.3 Å². The van der Waals surface area contributed by atoms with Gasteiger partial charge in [-0.1, -0.05) is 6.58 Å². The molecule has 0 amide bonds. The second kappa shape index (κ2) is 6.54. The van der Waals surface area contributed by atoms with Crippen LogP contribution in [0.5, 0.6) is 0 Å². The minimum Gasteiger partial charge on any atom is -0.396 e. The molecule has 0 heterocycles. The molecule has 13 heavy (non-hydrogen) atoms. The number of carbonyl (C=O) groups is 2. The van der Waals surface area contributed by atoms with Crippen LogP contribution in [-0.2, 0) is 9.59 Å². The maximum atomic E-state index is 11.2. The number of carbonyl (C=O) groups excluding carboxylic acids is 2. The second-order valence-electron chi connectivity index (χ2n) is 3.06. The summed E-state index contributed by atoms with van der Waals surface area (Å²) in [5.74, 6) is 0.0198. The van der Waals surface area contributed by atoms with E-state index in [1.165, 1.54) is 6.92 Å². The minimum atomic E-state index is -0.0460. The smallest absolute Gasteiger partial charge is 0.158 e. The van der Waals surface area contributed by atoms with E-state index in [1.54, 1.807) is 0 Å². The summed E-state index contributed by atoms with van der Waals surface area (Å²) in [6.07, 6.45) is 1.62. The summed E-state index contributed by atoms with van der Waals surface area (Å²) in [5.41, 5.74) is 0.489. The van der Waals surface area contributed by atoms with Gasteiger partial charge in [0.05, 0.1) is 0 Å². The second-order valence-corrected chi connectivity index (χ2v) is 3.06. The highest BCUT2D eigenvalue weighted by Gasteiger charge is 2.07. The van der Waals surface area contributed by atoms with Crippen LogP contribution in [0.1, 0.15) is 32.6 Å². The zero-order valence-electron chi connectivity index (χ0n) is 8.01. The Morgan fingerprint density at radius 3 is 2.31 bits per heavy atom. The molecule has 0 radical (unpaired) electrons. The van der Waals surface area contributed by atoms with Gasteiger partial charge in [-0.2, -0.15) is 0 Å². The molecule has 0 bridgehead atoms. The summed E-state index contributed by atoms with van der Waals surface area (Å²) < 4.78 is 0. The summed E-state index contributed by atoms with van der Waals surface area (Å²) in [7, 11) is 0. The summed E-state index contributed by atoms with van der Waals surface area (Å²) in [6.45, 7) is 5.11. The van der Waals surface area contributed by atoms with E-state index in [9.17, 15) is 9.59 Å². The lowest BCUT2D eigenvalue weighted by Gasteiger charge is -2.01. The van der Waals surface area contributed by atoms with Crippen LogP contribution in [0.25, 0.3) is 0 Å². The normalized spacial score (nSPS) is 9.69. The first-order valence-corrected chi connectivity index (χ1v) is 4.39. The third-order valence-corrected chi connectivity index (χ3v) is 1.74. The number of hydrogen-bond acceptors (Lipinski definition) is 3. The monoisotopic (exact) mass is 184 g/mol. The average molecular weight is 184 g/mol. The molecule has 74 valence electrons. The van der Waals surface area contributed by atoms with E-state index < -0.39 is 0 Å². The van der Waals surface area contributed by atoms with Crippen LogP contribution in [0.4, 0.5) is 0 Å². The van der Waals surface area contributed by atoms with Crippen molar-refractivity contribution in [2.24, 2.45) is 0 Å². The van der Waals surface area contributed by atoms with E-state index >= 15 is 0 Å². The highest BCUT2D eigenvalue weighted by molar-refractivity contribution is 5.95. The van der Waals surface area contributed by atoms with Gasteiger partial charge in [0.1, 0.15) is 5.78 Å². The fraction of sp³-hybridized carbons (Fsp3) is 0.600. The summed E-state index contributed by atoms with van der Waals surface area (Å²) in [5, 5.41) is 8.48. The van der Waals surface area contributed by atoms with Gasteiger partial charge >= 0.3 is 0 Å². The van der Waals surface area contributed by atoms with Gasteiger partial charge in [-0.15, -0.1) is 0 Å². The summed E-state index contributed by atoms with van der Waals surface area (Å²) in [4.78, 5) is 21.8. The van der Waals surface area contributed by atoms with E-state index in [2.05, 4.69) is 6.58 Å². The molecule has 3 heteroatoms. The lowest BCUT2D eigenvalue weighted by molar-refractivity contribution is -0.117. The standard InChI is InChI=1S/C10H16O3/c1-8(5-6-9(2)12)10(13)4-3-7-11/h11H,1,3-7H2,2H3. The van der Waals surface area contributed by atoms with Gasteiger partial charge < -0.3 is 9.90 Å². The molecule has 3 nitrogen and oxygen atoms in total. The number of aliphatic hydroxyl groups is 1. The van der Waals surface area contributed by atoms with E-state index in [1.807, 2.05) is 0 Å². The van der Waals surface area contributed by atoms with Gasteiger partial charge in [0.15, 0.2) is 5.78 Å². The lowest BCUT2D eigenvalue weighted by Crippen LogP contribution is -2.04. The van der Waals surface area contributed by atoms with Crippen LogP contribution in [0.3, 0.4) is 0 Å². The Labute approximate surface area is 78.5 Å². The molecule has 0 fully saturated rings. The zero-order valence-corrected chi connectivity index (χ0v) is 8.01. The molecule has 0 spiro atoms. The molecule has 0 rings (SSSR count). The number of hydrogen-bond donors (Lipinski definition) is 1. The fourth-order valence-corrected chi connectivity index (χ4v) is 0.883. The average Bonchev–Trinajstić information content (AvgIpc) is 2.10. The first kappa shape index (κ1) is 12.0. The maximum absolute atomic E-state index is 11.2. The summed E-state index contributed by atoms with van der Waals surface area (Å²) >= 11 is 0. The van der Waals surface area contributed by atoms with Crippen molar-refractivity contribution in [2.75, 3.05) is 6.61 Å². The van der Waals surface area contributed by atoms with Crippen molar-refractivity contribution in [1.82, 2.24) is 0 Å². The molecule has 0 aromatic rings. The van der Waals surface area contributed by atoms with Crippen molar-refractivity contribution >= 4 is 11.6 Å². The number of Topliss-reactive ketones (excluding diaryl/α,β-unsaturated/α-hetero) is 2. The molecule has 0 aliphatic rings. The Bertz CT molecular complexity index is 206. The number of allylic oxidation sites excluding steroid dienone is 1. The van der Waals surface area contributed by atoms with Crippen LogP contribution in [0.2, 0.25) is 0 Å². The lowest BCUT2D eigenvalue weighted by atomic mass is 10.0. The SMILES string of the molecule is C=C(CCC(C)=O)C(=O)CCCO. The molecule has 0 aromatic carbocycles. The molecule has 0 aliphatic heterocycles. The van der Waals surface area contributed by atoms with Crippen LogP contribution in [0.15, 0.2) is 12.2 Å². The summed E-state index contributed by atoms with van der Waals surface area (Å²) in [6, 6.07) is 0. The Hall–Kier alpha value is -0.960. The fourth-order valence-electron chi connectivity index (χ4n) is 0.883. The van der Waals surface area contributed by atoms with Crippen LogP contribution in [0, 0.1) is 0 Å². The topological polar surface area (TPSA) is 54.4 Å². The van der Waals surface area contributed by atoms with Crippen molar-refractivity contribution in [3.63, 3.8) is 0 Å². The van der Waals surface area contributed by atoms with Crippen molar-refractivity contribution in [1.29, 1.82) is 0 Å². The highest BCUT2D eigenvalue weighted by atomic mass is 16.3. The van der Waals surface area contributed by atoms with Gasteiger partial charge in [0, 0.05) is 19.4 Å². The largest absolute Gasteiger partial charge is 0.396 e.